The number of hydrogen-bond acceptors (Lipinski definition) is 4. The smallest absolute Gasteiger partial charge is 0.255 e. The van der Waals surface area contributed by atoms with Crippen molar-refractivity contribution in [1.29, 1.82) is 0 Å². The number of benzene rings is 2. The third kappa shape index (κ3) is 3.39. The van der Waals surface area contributed by atoms with Gasteiger partial charge in [0.15, 0.2) is 0 Å². The van der Waals surface area contributed by atoms with Crippen LogP contribution in [0, 0.1) is 6.92 Å². The number of phenols is 1. The highest BCUT2D eigenvalue weighted by Gasteiger charge is 2.08. The minimum Gasteiger partial charge on any atom is -0.508 e. The van der Waals surface area contributed by atoms with Gasteiger partial charge in [0.25, 0.3) is 5.91 Å². The summed E-state index contributed by atoms with van der Waals surface area (Å²) in [5.74, 6) is -0.0898. The number of rotatable bonds is 3. The number of carbonyl (C=O) groups excluding carboxylic acids is 1. The Kier molecular flexibility index (Phi) is 4.23. The molecule has 0 atom stereocenters. The SMILES string of the molecule is C/C(=N/O)c1ccc(NC(=O)c2ccc(O)c(C)c2)cc1. The minimum absolute atomic E-state index is 0.162. The van der Waals surface area contributed by atoms with Crippen molar-refractivity contribution in [2.24, 2.45) is 5.16 Å². The van der Waals surface area contributed by atoms with Crippen molar-refractivity contribution in [3.63, 3.8) is 0 Å². The lowest BCUT2D eigenvalue weighted by Crippen LogP contribution is -2.12. The molecule has 0 spiro atoms. The fourth-order valence-electron chi connectivity index (χ4n) is 1.85. The highest BCUT2D eigenvalue weighted by atomic mass is 16.4. The molecule has 0 radical (unpaired) electrons. The van der Waals surface area contributed by atoms with E-state index in [1.807, 2.05) is 0 Å². The fourth-order valence-corrected chi connectivity index (χ4v) is 1.85. The predicted octanol–water partition coefficient (Wildman–Crippen LogP) is 3.15. The van der Waals surface area contributed by atoms with Crippen LogP contribution in [0.25, 0.3) is 0 Å². The second-order valence-corrected chi connectivity index (χ2v) is 4.72. The molecule has 5 nitrogen and oxygen atoms in total. The van der Waals surface area contributed by atoms with Crippen molar-refractivity contribution in [2.75, 3.05) is 5.32 Å². The Morgan fingerprint density at radius 1 is 1.10 bits per heavy atom. The standard InChI is InChI=1S/C16H16N2O3/c1-10-9-13(5-8-15(10)19)16(20)17-14-6-3-12(4-7-14)11(2)18-21/h3-9,19,21H,1-2H3,(H,17,20)/b18-11-. The molecule has 1 amide bonds. The first-order chi connectivity index (χ1) is 10.0. The van der Waals surface area contributed by atoms with Crippen LogP contribution < -0.4 is 5.32 Å². The molecule has 0 saturated carbocycles. The predicted molar refractivity (Wildman–Crippen MR) is 81.2 cm³/mol. The lowest BCUT2D eigenvalue weighted by molar-refractivity contribution is 0.102. The van der Waals surface area contributed by atoms with Crippen molar-refractivity contribution in [2.45, 2.75) is 13.8 Å². The van der Waals surface area contributed by atoms with Crippen LogP contribution in [0.1, 0.15) is 28.4 Å². The number of aryl methyl sites for hydroxylation is 1. The molecule has 2 aromatic carbocycles. The monoisotopic (exact) mass is 284 g/mol. The number of nitrogens with zero attached hydrogens (tertiary/aromatic N) is 1. The van der Waals surface area contributed by atoms with Crippen molar-refractivity contribution in [1.82, 2.24) is 0 Å². The maximum atomic E-state index is 12.1. The second kappa shape index (κ2) is 6.09. The van der Waals surface area contributed by atoms with Gasteiger partial charge in [-0.15, -0.1) is 0 Å². The van der Waals surface area contributed by atoms with Gasteiger partial charge in [0.1, 0.15) is 5.75 Å². The van der Waals surface area contributed by atoms with Crippen molar-refractivity contribution >= 4 is 17.3 Å². The van der Waals surface area contributed by atoms with Gasteiger partial charge in [0.2, 0.25) is 0 Å². The topological polar surface area (TPSA) is 81.9 Å². The van der Waals surface area contributed by atoms with Gasteiger partial charge in [0, 0.05) is 11.3 Å². The Bertz CT molecular complexity index is 691. The molecule has 0 aliphatic heterocycles. The molecule has 21 heavy (non-hydrogen) atoms. The first-order valence-electron chi connectivity index (χ1n) is 6.41. The number of oxime groups is 1. The van der Waals surface area contributed by atoms with Gasteiger partial charge in [-0.1, -0.05) is 17.3 Å². The summed E-state index contributed by atoms with van der Waals surface area (Å²) in [5.41, 5.74) is 3.04. The highest BCUT2D eigenvalue weighted by Crippen LogP contribution is 2.18. The molecule has 0 bridgehead atoms. The van der Waals surface area contributed by atoms with Gasteiger partial charge >= 0.3 is 0 Å². The van der Waals surface area contributed by atoms with E-state index in [0.29, 0.717) is 22.5 Å². The maximum Gasteiger partial charge on any atom is 0.255 e. The summed E-state index contributed by atoms with van der Waals surface area (Å²) in [4.78, 5) is 12.1. The summed E-state index contributed by atoms with van der Waals surface area (Å²) in [6.07, 6.45) is 0. The van der Waals surface area contributed by atoms with Crippen molar-refractivity contribution < 1.29 is 15.1 Å². The van der Waals surface area contributed by atoms with Crippen molar-refractivity contribution in [3.05, 3.63) is 59.2 Å². The van der Waals surface area contributed by atoms with E-state index in [1.54, 1.807) is 50.2 Å². The van der Waals surface area contributed by atoms with Crippen LogP contribution in [0.2, 0.25) is 0 Å². The molecule has 0 saturated heterocycles. The number of hydrogen-bond donors (Lipinski definition) is 3. The average molecular weight is 284 g/mol. The molecule has 0 aliphatic rings. The van der Waals surface area contributed by atoms with E-state index >= 15 is 0 Å². The largest absolute Gasteiger partial charge is 0.508 e. The summed E-state index contributed by atoms with van der Waals surface area (Å²) in [5, 5.41) is 24.0. The second-order valence-electron chi connectivity index (χ2n) is 4.72. The molecule has 0 aromatic heterocycles. The summed E-state index contributed by atoms with van der Waals surface area (Å²) in [7, 11) is 0. The van der Waals surface area contributed by atoms with Crippen LogP contribution in [0.3, 0.4) is 0 Å². The molecule has 3 N–H and O–H groups in total. The van der Waals surface area contributed by atoms with Crippen LogP contribution in [0.5, 0.6) is 5.75 Å². The van der Waals surface area contributed by atoms with Gasteiger partial charge in [-0.05, 0) is 55.3 Å². The highest BCUT2D eigenvalue weighted by molar-refractivity contribution is 6.05. The van der Waals surface area contributed by atoms with Gasteiger partial charge in [-0.25, -0.2) is 0 Å². The zero-order valence-corrected chi connectivity index (χ0v) is 11.8. The van der Waals surface area contributed by atoms with E-state index < -0.39 is 0 Å². The molecule has 2 aromatic rings. The average Bonchev–Trinajstić information content (AvgIpc) is 2.50. The third-order valence-electron chi connectivity index (χ3n) is 3.17. The maximum absolute atomic E-state index is 12.1. The lowest BCUT2D eigenvalue weighted by Gasteiger charge is -2.07. The van der Waals surface area contributed by atoms with Gasteiger partial charge in [-0.3, -0.25) is 4.79 Å². The van der Waals surface area contributed by atoms with E-state index in [0.717, 1.165) is 5.56 Å². The molecule has 108 valence electrons. The Hall–Kier alpha value is -2.82. The summed E-state index contributed by atoms with van der Waals surface area (Å²) >= 11 is 0. The molecule has 2 rings (SSSR count). The van der Waals surface area contributed by atoms with Crippen molar-refractivity contribution in [3.8, 4) is 5.75 Å². The third-order valence-corrected chi connectivity index (χ3v) is 3.17. The van der Waals surface area contributed by atoms with E-state index in [2.05, 4.69) is 10.5 Å². The number of nitrogens with one attached hydrogen (secondary N) is 1. The number of carbonyl (C=O) groups is 1. The number of phenolic OH excluding ortho intramolecular Hbond substituents is 1. The van der Waals surface area contributed by atoms with E-state index in [1.165, 1.54) is 6.07 Å². The summed E-state index contributed by atoms with van der Waals surface area (Å²) in [6.45, 7) is 3.42. The lowest BCUT2D eigenvalue weighted by atomic mass is 10.1. The molecule has 5 heteroatoms. The molecule has 0 aliphatic carbocycles. The van der Waals surface area contributed by atoms with Gasteiger partial charge in [0.05, 0.1) is 5.71 Å². The molecular weight excluding hydrogens is 268 g/mol. The zero-order chi connectivity index (χ0) is 15.4. The molecular formula is C16H16N2O3. The molecule has 0 fully saturated rings. The Morgan fingerprint density at radius 2 is 1.71 bits per heavy atom. The van der Waals surface area contributed by atoms with E-state index in [-0.39, 0.29) is 11.7 Å². The first-order valence-corrected chi connectivity index (χ1v) is 6.41. The van der Waals surface area contributed by atoms with Gasteiger partial charge < -0.3 is 15.6 Å². The number of amides is 1. The van der Waals surface area contributed by atoms with E-state index in [4.69, 9.17) is 5.21 Å². The zero-order valence-electron chi connectivity index (χ0n) is 11.8. The molecule has 0 heterocycles. The van der Waals surface area contributed by atoms with Gasteiger partial charge in [-0.2, -0.15) is 0 Å². The van der Waals surface area contributed by atoms with E-state index in [9.17, 15) is 9.90 Å². The molecule has 0 unspecified atom stereocenters. The Balaban J connectivity index is 2.14. The Labute approximate surface area is 122 Å². The van der Waals surface area contributed by atoms with Crippen LogP contribution in [0.15, 0.2) is 47.6 Å². The van der Waals surface area contributed by atoms with Crippen LogP contribution in [-0.4, -0.2) is 21.9 Å². The normalized spacial score (nSPS) is 11.2. The van der Waals surface area contributed by atoms with Crippen LogP contribution in [0.4, 0.5) is 5.69 Å². The minimum atomic E-state index is -0.251. The summed E-state index contributed by atoms with van der Waals surface area (Å²) in [6, 6.07) is 11.7. The quantitative estimate of drug-likeness (QED) is 0.460. The Morgan fingerprint density at radius 3 is 2.29 bits per heavy atom. The van der Waals surface area contributed by atoms with Crippen LogP contribution in [-0.2, 0) is 0 Å². The number of anilines is 1. The summed E-state index contributed by atoms with van der Waals surface area (Å²) < 4.78 is 0. The number of aromatic hydroxyl groups is 1. The fraction of sp³-hybridized carbons (Fsp3) is 0.125. The first kappa shape index (κ1) is 14.6. The van der Waals surface area contributed by atoms with Crippen LogP contribution >= 0.6 is 0 Å².